The predicted octanol–water partition coefficient (Wildman–Crippen LogP) is 1.51. The average molecular weight is 393 g/mol. The van der Waals surface area contributed by atoms with E-state index in [1.165, 1.54) is 25.6 Å². The molecule has 2 heterocycles. The predicted molar refractivity (Wildman–Crippen MR) is 114 cm³/mol. The zero-order valence-electron chi connectivity index (χ0n) is 17.8. The molecule has 4 fully saturated rings. The van der Waals surface area contributed by atoms with E-state index in [4.69, 9.17) is 10.8 Å². The molecule has 0 bridgehead atoms. The first-order valence-corrected chi connectivity index (χ1v) is 9.67. The lowest BCUT2D eigenvalue weighted by atomic mass is 10.4. The Morgan fingerprint density at radius 2 is 1.82 bits per heavy atom. The lowest BCUT2D eigenvalue weighted by Gasteiger charge is -2.03. The van der Waals surface area contributed by atoms with Gasteiger partial charge in [0.05, 0.1) is 13.5 Å². The molecule has 0 spiro atoms. The summed E-state index contributed by atoms with van der Waals surface area (Å²) in [5.74, 6) is -0.109. The quantitative estimate of drug-likeness (QED) is 0.496. The fraction of sp³-hybridized carbons (Fsp3) is 0.650. The molecule has 0 aromatic rings. The van der Waals surface area contributed by atoms with Crippen molar-refractivity contribution in [2.75, 3.05) is 61.0 Å². The summed E-state index contributed by atoms with van der Waals surface area (Å²) >= 11 is 0. The minimum Gasteiger partial charge on any atom is -0.469 e. The van der Waals surface area contributed by atoms with Gasteiger partial charge in [-0.3, -0.25) is 10.2 Å². The van der Waals surface area contributed by atoms with Crippen molar-refractivity contribution in [3.05, 3.63) is 23.9 Å². The Morgan fingerprint density at radius 1 is 1.25 bits per heavy atom. The van der Waals surface area contributed by atoms with Crippen LogP contribution in [0.1, 0.15) is 25.7 Å². The number of hydrazine groups is 1. The molecule has 2 saturated heterocycles. The number of esters is 1. The maximum absolute atomic E-state index is 10.5. The Bertz CT molecular complexity index is 578. The topological polar surface area (TPSA) is 95.5 Å². The Balaban J connectivity index is 0.000000191. The van der Waals surface area contributed by atoms with Crippen LogP contribution in [0.15, 0.2) is 23.9 Å². The number of hydrogen-bond donors (Lipinski definition) is 3. The first-order valence-electron chi connectivity index (χ1n) is 9.67. The van der Waals surface area contributed by atoms with Crippen molar-refractivity contribution in [1.29, 1.82) is 10.8 Å². The van der Waals surface area contributed by atoms with Crippen LogP contribution >= 0.6 is 0 Å². The third kappa shape index (κ3) is 13.2. The van der Waals surface area contributed by atoms with Gasteiger partial charge in [0.15, 0.2) is 0 Å². The summed E-state index contributed by atoms with van der Waals surface area (Å²) in [7, 11) is 7.43. The minimum atomic E-state index is -0.109. The van der Waals surface area contributed by atoms with Gasteiger partial charge >= 0.3 is 5.97 Å². The first kappa shape index (κ1) is 24.0. The summed E-state index contributed by atoms with van der Waals surface area (Å²) < 4.78 is 4.46. The molecule has 8 heteroatoms. The zero-order valence-corrected chi connectivity index (χ0v) is 17.8. The number of carbonyl (C=O) groups excluding carboxylic acids is 1. The number of hydrogen-bond acceptors (Lipinski definition) is 8. The van der Waals surface area contributed by atoms with Crippen LogP contribution in [0.2, 0.25) is 0 Å². The number of nitrogens with zero attached hydrogens (tertiary/aromatic N) is 3. The van der Waals surface area contributed by atoms with Gasteiger partial charge in [-0.15, -0.1) is 0 Å². The molecule has 4 aliphatic rings. The molecule has 2 saturated carbocycles. The van der Waals surface area contributed by atoms with Crippen LogP contribution in [0.3, 0.4) is 0 Å². The van der Waals surface area contributed by atoms with E-state index in [1.54, 1.807) is 0 Å². The van der Waals surface area contributed by atoms with Crippen molar-refractivity contribution in [1.82, 2.24) is 20.2 Å². The molecule has 158 valence electrons. The maximum atomic E-state index is 10.5. The lowest BCUT2D eigenvalue weighted by Crippen LogP contribution is -2.25. The van der Waals surface area contributed by atoms with Crippen molar-refractivity contribution in [2.45, 2.75) is 25.7 Å². The smallest absolute Gasteiger partial charge is 0.306 e. The molecule has 2 aliphatic heterocycles. The summed E-state index contributed by atoms with van der Waals surface area (Å²) in [6.07, 6.45) is 5.59. The molecule has 28 heavy (non-hydrogen) atoms. The third-order valence-electron chi connectivity index (χ3n) is 4.19. The van der Waals surface area contributed by atoms with Crippen molar-refractivity contribution < 1.29 is 9.53 Å². The highest BCUT2D eigenvalue weighted by Gasteiger charge is 2.20. The molecule has 0 amide bonds. The second-order valence-corrected chi connectivity index (χ2v) is 7.38. The van der Waals surface area contributed by atoms with Gasteiger partial charge in [-0.2, -0.15) is 0 Å². The summed E-state index contributed by atoms with van der Waals surface area (Å²) in [5, 5.41) is 15.9. The van der Waals surface area contributed by atoms with E-state index in [2.05, 4.69) is 33.7 Å². The first-order chi connectivity index (χ1) is 13.2. The Kier molecular flexibility index (Phi) is 10.7. The van der Waals surface area contributed by atoms with E-state index < -0.39 is 0 Å². The van der Waals surface area contributed by atoms with Gasteiger partial charge in [0.25, 0.3) is 0 Å². The molecule has 0 radical (unpaired) electrons. The molecule has 3 N–H and O–H groups in total. The van der Waals surface area contributed by atoms with Crippen LogP contribution in [0.4, 0.5) is 0 Å². The van der Waals surface area contributed by atoms with Crippen molar-refractivity contribution >= 4 is 17.4 Å². The third-order valence-corrected chi connectivity index (χ3v) is 4.19. The van der Waals surface area contributed by atoms with Gasteiger partial charge in [0, 0.05) is 84.3 Å². The number of methoxy groups -OCH3 is 1. The van der Waals surface area contributed by atoms with Gasteiger partial charge in [-0.25, -0.2) is 5.01 Å². The van der Waals surface area contributed by atoms with Gasteiger partial charge < -0.3 is 25.4 Å². The minimum absolute atomic E-state index is 0.109. The lowest BCUT2D eigenvalue weighted by molar-refractivity contribution is -0.140. The van der Waals surface area contributed by atoms with E-state index in [0.717, 1.165) is 56.0 Å². The standard InChI is InChI=1S/C6H10N2.C6H11NO2.C4H10N2.C4H5N/c1-8(2)4-5-3-6(5)7;1-9-6(8)2-3-7-4-5-7;1-6-4-2-3-5-6;1-3-2-4(3)5/h4,7H,3H2,1-2H3;2-5H2,1H3;5H,2-4H2,1H3;5H,1-2H2/b5-4+,7-6?;;;. The molecule has 0 aromatic carbocycles. The monoisotopic (exact) mass is 392 g/mol. The number of nitrogens with one attached hydrogen (secondary N) is 3. The van der Waals surface area contributed by atoms with E-state index in [0.29, 0.717) is 6.42 Å². The second-order valence-electron chi connectivity index (χ2n) is 7.38. The van der Waals surface area contributed by atoms with Gasteiger partial charge in [0.1, 0.15) is 0 Å². The van der Waals surface area contributed by atoms with Crippen molar-refractivity contribution in [3.8, 4) is 0 Å². The van der Waals surface area contributed by atoms with Crippen LogP contribution < -0.4 is 5.43 Å². The summed E-state index contributed by atoms with van der Waals surface area (Å²) in [6.45, 7) is 9.06. The highest BCUT2D eigenvalue weighted by Crippen LogP contribution is 2.22. The Hall–Kier alpha value is -2.03. The summed E-state index contributed by atoms with van der Waals surface area (Å²) in [4.78, 5) is 14.7. The molecular weight excluding hydrogens is 356 g/mol. The highest BCUT2D eigenvalue weighted by atomic mass is 16.5. The SMILES string of the molecule is C=C1CC1=N.CN(C)/C=C1\CC1=N.CN1CCCN1.COC(=O)CCN1CC1. The number of ether oxygens (including phenoxy) is 1. The number of carbonyl (C=O) groups is 1. The van der Waals surface area contributed by atoms with Crippen LogP contribution in [-0.2, 0) is 9.53 Å². The molecule has 2 aliphatic carbocycles. The van der Waals surface area contributed by atoms with E-state index in [9.17, 15) is 4.79 Å². The van der Waals surface area contributed by atoms with Gasteiger partial charge in [0.2, 0.25) is 0 Å². The molecule has 8 nitrogen and oxygen atoms in total. The molecular formula is C20H36N6O2. The maximum Gasteiger partial charge on any atom is 0.306 e. The number of rotatable bonds is 4. The molecule has 0 aromatic heterocycles. The van der Waals surface area contributed by atoms with Crippen molar-refractivity contribution in [3.63, 3.8) is 0 Å². The zero-order chi connectivity index (χ0) is 21.1. The normalized spacial score (nSPS) is 20.9. The van der Waals surface area contributed by atoms with Crippen LogP contribution in [0, 0.1) is 10.8 Å². The molecule has 0 unspecified atom stereocenters. The highest BCUT2D eigenvalue weighted by molar-refractivity contribution is 6.15. The van der Waals surface area contributed by atoms with E-state index in [-0.39, 0.29) is 5.97 Å². The second kappa shape index (κ2) is 12.4. The summed E-state index contributed by atoms with van der Waals surface area (Å²) in [5.41, 5.74) is 6.85. The summed E-state index contributed by atoms with van der Waals surface area (Å²) in [6, 6.07) is 0. The van der Waals surface area contributed by atoms with Gasteiger partial charge in [-0.05, 0) is 17.6 Å². The van der Waals surface area contributed by atoms with E-state index in [1.807, 2.05) is 25.2 Å². The van der Waals surface area contributed by atoms with Crippen molar-refractivity contribution in [2.24, 2.45) is 0 Å². The fourth-order valence-electron chi connectivity index (χ4n) is 2.06. The number of allylic oxidation sites excluding steroid dienone is 2. The molecule has 4 rings (SSSR count). The average Bonchev–Trinajstić information content (AvgIpc) is 3.60. The van der Waals surface area contributed by atoms with Crippen LogP contribution in [0.5, 0.6) is 0 Å². The van der Waals surface area contributed by atoms with E-state index >= 15 is 0 Å². The Labute approximate surface area is 169 Å². The largest absolute Gasteiger partial charge is 0.469 e. The molecule has 0 atom stereocenters. The van der Waals surface area contributed by atoms with Crippen LogP contribution in [0.25, 0.3) is 0 Å². The van der Waals surface area contributed by atoms with Crippen LogP contribution in [-0.4, -0.2) is 93.2 Å². The fourth-order valence-corrected chi connectivity index (χ4v) is 2.06. The Morgan fingerprint density at radius 3 is 2.04 bits per heavy atom. The van der Waals surface area contributed by atoms with Gasteiger partial charge in [-0.1, -0.05) is 6.58 Å².